The maximum atomic E-state index is 12.9. The van der Waals surface area contributed by atoms with Gasteiger partial charge in [-0.05, 0) is 47.5 Å². The summed E-state index contributed by atoms with van der Waals surface area (Å²) in [5.41, 5.74) is 1.03. The average Bonchev–Trinajstić information content (AvgIpc) is 3.19. The number of fused-ring (bicyclic) bond motifs is 1. The minimum Gasteiger partial charge on any atom is -0.347 e. The molecule has 11 heteroatoms. The van der Waals surface area contributed by atoms with Gasteiger partial charge >= 0.3 is 6.18 Å². The molecule has 1 amide bonds. The summed E-state index contributed by atoms with van der Waals surface area (Å²) in [6.07, 6.45) is -3.14. The number of nitrogens with one attached hydrogen (secondary N) is 1. The molecule has 0 fully saturated rings. The van der Waals surface area contributed by atoms with Crippen LogP contribution in [-0.4, -0.2) is 25.7 Å². The molecule has 0 spiro atoms. The third-order valence-electron chi connectivity index (χ3n) is 4.38. The summed E-state index contributed by atoms with van der Waals surface area (Å²) >= 11 is 12.2. The van der Waals surface area contributed by atoms with Crippen LogP contribution in [-0.2, 0) is 12.7 Å². The van der Waals surface area contributed by atoms with Crippen LogP contribution in [0, 0.1) is 0 Å². The van der Waals surface area contributed by atoms with Crippen LogP contribution in [0.3, 0.4) is 0 Å². The summed E-state index contributed by atoms with van der Waals surface area (Å²) in [7, 11) is 0. The van der Waals surface area contributed by atoms with Gasteiger partial charge in [0.05, 0.1) is 5.56 Å². The number of nitrogens with zero attached hydrogens (tertiary/aromatic N) is 4. The molecule has 0 aliphatic rings. The number of carbonyl (C=O) groups is 1. The Bertz CT molecular complexity index is 1270. The molecular weight excluding hydrogens is 454 g/mol. The minimum atomic E-state index is -4.46. The van der Waals surface area contributed by atoms with E-state index in [1.807, 2.05) is 0 Å². The van der Waals surface area contributed by atoms with E-state index in [-0.39, 0.29) is 12.2 Å². The van der Waals surface area contributed by atoms with E-state index in [1.54, 1.807) is 18.2 Å². The van der Waals surface area contributed by atoms with Crippen molar-refractivity contribution in [2.75, 3.05) is 0 Å². The van der Waals surface area contributed by atoms with Crippen molar-refractivity contribution in [1.82, 2.24) is 25.1 Å². The molecule has 0 aliphatic heterocycles. The lowest BCUT2D eigenvalue weighted by atomic mass is 10.1. The lowest BCUT2D eigenvalue weighted by Crippen LogP contribution is -2.25. The minimum absolute atomic E-state index is 0.0189. The van der Waals surface area contributed by atoms with Crippen molar-refractivity contribution in [2.45, 2.75) is 12.7 Å². The van der Waals surface area contributed by atoms with Gasteiger partial charge in [-0.1, -0.05) is 35.3 Å². The molecule has 4 rings (SSSR count). The van der Waals surface area contributed by atoms with Crippen LogP contribution in [0.15, 0.2) is 54.9 Å². The first kappa shape index (κ1) is 21.1. The molecule has 0 radical (unpaired) electrons. The van der Waals surface area contributed by atoms with Crippen LogP contribution < -0.4 is 5.32 Å². The highest BCUT2D eigenvalue weighted by Gasteiger charge is 2.30. The highest BCUT2D eigenvalue weighted by atomic mass is 35.5. The summed E-state index contributed by atoms with van der Waals surface area (Å²) in [6, 6.07) is 11.1. The van der Waals surface area contributed by atoms with Crippen molar-refractivity contribution in [3.8, 4) is 11.1 Å². The monoisotopic (exact) mass is 465 g/mol. The predicted molar refractivity (Wildman–Crippen MR) is 109 cm³/mol. The molecule has 0 aliphatic carbocycles. The Hall–Kier alpha value is -3.17. The number of hydrogen-bond donors (Lipinski definition) is 1. The quantitative estimate of drug-likeness (QED) is 0.457. The molecule has 2 heterocycles. The predicted octanol–water partition coefficient (Wildman–Crippen LogP) is 5.05. The SMILES string of the molecule is O=C(NCc1cccc(C(F)(F)F)c1)c1cc(-c2cc(Cl)cc(Cl)c2)c2nncn2n1. The Morgan fingerprint density at radius 2 is 1.81 bits per heavy atom. The molecule has 0 bridgehead atoms. The normalized spacial score (nSPS) is 11.6. The molecular formula is C20H12Cl2F3N5O. The summed E-state index contributed by atoms with van der Waals surface area (Å²) in [5.74, 6) is -0.581. The lowest BCUT2D eigenvalue weighted by Gasteiger charge is -2.10. The Kier molecular flexibility index (Phi) is 5.55. The zero-order valence-corrected chi connectivity index (χ0v) is 17.0. The van der Waals surface area contributed by atoms with E-state index in [2.05, 4.69) is 20.6 Å². The van der Waals surface area contributed by atoms with Crippen LogP contribution in [0.1, 0.15) is 21.6 Å². The smallest absolute Gasteiger partial charge is 0.347 e. The van der Waals surface area contributed by atoms with Crippen LogP contribution in [0.5, 0.6) is 0 Å². The van der Waals surface area contributed by atoms with E-state index in [0.717, 1.165) is 12.1 Å². The fourth-order valence-electron chi connectivity index (χ4n) is 2.99. The van der Waals surface area contributed by atoms with Gasteiger partial charge in [-0.25, -0.2) is 0 Å². The summed E-state index contributed by atoms with van der Waals surface area (Å²) in [4.78, 5) is 12.7. The van der Waals surface area contributed by atoms with Crippen molar-refractivity contribution >= 4 is 34.8 Å². The summed E-state index contributed by atoms with van der Waals surface area (Å²) in [6.45, 7) is -0.108. The van der Waals surface area contributed by atoms with Gasteiger partial charge in [0.2, 0.25) is 0 Å². The molecule has 0 atom stereocenters. The van der Waals surface area contributed by atoms with E-state index in [0.29, 0.717) is 32.4 Å². The fraction of sp³-hybridized carbons (Fsp3) is 0.100. The second-order valence-corrected chi connectivity index (χ2v) is 7.45. The average molecular weight is 466 g/mol. The number of rotatable bonds is 4. The standard InChI is InChI=1S/C20H12Cl2F3N5O/c21-14-5-12(6-15(22)7-14)16-8-17(29-30-10-27-28-18(16)30)19(31)26-9-11-2-1-3-13(4-11)20(23,24)25/h1-8,10H,9H2,(H,26,31). The molecule has 4 aromatic rings. The van der Waals surface area contributed by atoms with Gasteiger partial charge < -0.3 is 5.32 Å². The Balaban J connectivity index is 1.63. The Morgan fingerprint density at radius 3 is 2.52 bits per heavy atom. The summed E-state index contributed by atoms with van der Waals surface area (Å²) in [5, 5.41) is 15.4. The lowest BCUT2D eigenvalue weighted by molar-refractivity contribution is -0.137. The largest absolute Gasteiger partial charge is 0.416 e. The second kappa shape index (κ2) is 8.16. The van der Waals surface area contributed by atoms with E-state index in [9.17, 15) is 18.0 Å². The van der Waals surface area contributed by atoms with Crippen molar-refractivity contribution in [3.05, 3.63) is 81.7 Å². The molecule has 0 saturated heterocycles. The van der Waals surface area contributed by atoms with Gasteiger partial charge in [0.1, 0.15) is 12.0 Å². The third kappa shape index (κ3) is 4.62. The first-order chi connectivity index (χ1) is 14.7. The number of benzene rings is 2. The number of alkyl halides is 3. The van der Waals surface area contributed by atoms with Crippen LogP contribution >= 0.6 is 23.2 Å². The molecule has 0 unspecified atom stereocenters. The van der Waals surface area contributed by atoms with Gasteiger partial charge in [0, 0.05) is 22.2 Å². The van der Waals surface area contributed by atoms with Gasteiger partial charge in [-0.15, -0.1) is 10.2 Å². The van der Waals surface area contributed by atoms with Crippen molar-refractivity contribution in [3.63, 3.8) is 0 Å². The zero-order chi connectivity index (χ0) is 22.2. The van der Waals surface area contributed by atoms with Gasteiger partial charge in [0.15, 0.2) is 5.65 Å². The highest BCUT2D eigenvalue weighted by Crippen LogP contribution is 2.30. The maximum Gasteiger partial charge on any atom is 0.416 e. The first-order valence-electron chi connectivity index (χ1n) is 8.82. The Labute approximate surface area is 183 Å². The third-order valence-corrected chi connectivity index (χ3v) is 4.82. The highest BCUT2D eigenvalue weighted by molar-refractivity contribution is 6.35. The van der Waals surface area contributed by atoms with E-state index < -0.39 is 17.6 Å². The fourth-order valence-corrected chi connectivity index (χ4v) is 3.52. The van der Waals surface area contributed by atoms with E-state index >= 15 is 0 Å². The number of aromatic nitrogens is 4. The zero-order valence-electron chi connectivity index (χ0n) is 15.5. The number of hydrogen-bond acceptors (Lipinski definition) is 4. The maximum absolute atomic E-state index is 12.9. The number of amides is 1. The molecule has 0 saturated carbocycles. The van der Waals surface area contributed by atoms with Crippen molar-refractivity contribution in [2.24, 2.45) is 0 Å². The van der Waals surface area contributed by atoms with Crippen LogP contribution in [0.25, 0.3) is 16.8 Å². The van der Waals surface area contributed by atoms with Crippen LogP contribution in [0.4, 0.5) is 13.2 Å². The number of halogens is 5. The second-order valence-electron chi connectivity index (χ2n) is 6.58. The van der Waals surface area contributed by atoms with Gasteiger partial charge in [0.25, 0.3) is 5.91 Å². The topological polar surface area (TPSA) is 72.2 Å². The Morgan fingerprint density at radius 1 is 1.06 bits per heavy atom. The van der Waals surface area contributed by atoms with Gasteiger partial charge in [-0.2, -0.15) is 22.8 Å². The molecule has 158 valence electrons. The van der Waals surface area contributed by atoms with Crippen LogP contribution in [0.2, 0.25) is 10.0 Å². The molecule has 31 heavy (non-hydrogen) atoms. The molecule has 2 aromatic carbocycles. The van der Waals surface area contributed by atoms with E-state index in [1.165, 1.54) is 29.0 Å². The summed E-state index contributed by atoms with van der Waals surface area (Å²) < 4.78 is 40.0. The molecule has 2 aromatic heterocycles. The first-order valence-corrected chi connectivity index (χ1v) is 9.58. The molecule has 1 N–H and O–H groups in total. The van der Waals surface area contributed by atoms with E-state index in [4.69, 9.17) is 23.2 Å². The molecule has 6 nitrogen and oxygen atoms in total. The van der Waals surface area contributed by atoms with Gasteiger partial charge in [-0.3, -0.25) is 4.79 Å². The number of carbonyl (C=O) groups excluding carboxylic acids is 1. The van der Waals surface area contributed by atoms with Crippen molar-refractivity contribution in [1.29, 1.82) is 0 Å². The van der Waals surface area contributed by atoms with Crippen molar-refractivity contribution < 1.29 is 18.0 Å².